The minimum Gasteiger partial charge on any atom is -0.480 e. The van der Waals surface area contributed by atoms with Gasteiger partial charge in [0.2, 0.25) is 5.91 Å². The molecule has 7 heteroatoms. The van der Waals surface area contributed by atoms with E-state index in [0.717, 1.165) is 0 Å². The lowest BCUT2D eigenvalue weighted by molar-refractivity contribution is -0.141. The molecule has 0 aromatic rings. The second-order valence-corrected chi connectivity index (χ2v) is 6.62. The molecule has 0 aromatic carbocycles. The first-order chi connectivity index (χ1) is 7.68. The van der Waals surface area contributed by atoms with Gasteiger partial charge >= 0.3 is 5.97 Å². The Morgan fingerprint density at radius 1 is 1.29 bits per heavy atom. The summed E-state index contributed by atoms with van der Waals surface area (Å²) in [6, 6.07) is -1.03. The van der Waals surface area contributed by atoms with Gasteiger partial charge in [-0.2, -0.15) is 0 Å². The molecule has 0 saturated heterocycles. The lowest BCUT2D eigenvalue weighted by atomic mass is 10.0. The van der Waals surface area contributed by atoms with Crippen LogP contribution in [0.3, 0.4) is 0 Å². The number of rotatable bonds is 7. The number of carbonyl (C=O) groups is 2. The molecule has 0 heterocycles. The maximum atomic E-state index is 11.4. The van der Waals surface area contributed by atoms with Gasteiger partial charge in [0.1, 0.15) is 11.8 Å². The van der Waals surface area contributed by atoms with Crippen molar-refractivity contribution in [2.24, 2.45) is 5.92 Å². The van der Waals surface area contributed by atoms with Crippen molar-refractivity contribution < 1.29 is 23.1 Å². The summed E-state index contributed by atoms with van der Waals surface area (Å²) in [7, 11) is -3.42. The van der Waals surface area contributed by atoms with E-state index in [2.05, 4.69) is 5.32 Å². The fourth-order valence-corrected chi connectivity index (χ4v) is 1.92. The zero-order chi connectivity index (χ0) is 13.6. The average Bonchev–Trinajstić information content (AvgIpc) is 2.15. The summed E-state index contributed by atoms with van der Waals surface area (Å²) in [4.78, 5) is 22.2. The van der Waals surface area contributed by atoms with Crippen LogP contribution in [0.15, 0.2) is 0 Å². The Morgan fingerprint density at radius 3 is 2.18 bits per heavy atom. The van der Waals surface area contributed by atoms with E-state index in [0.29, 0.717) is 0 Å². The van der Waals surface area contributed by atoms with Crippen molar-refractivity contribution >= 4 is 21.7 Å². The Morgan fingerprint density at radius 2 is 1.82 bits per heavy atom. The normalized spacial score (nSPS) is 13.4. The minimum absolute atomic E-state index is 0.0965. The van der Waals surface area contributed by atoms with Crippen LogP contribution in [0.1, 0.15) is 27.2 Å². The van der Waals surface area contributed by atoms with Gasteiger partial charge in [0.15, 0.2) is 9.84 Å². The third-order valence-electron chi connectivity index (χ3n) is 2.13. The summed E-state index contributed by atoms with van der Waals surface area (Å²) in [6.45, 7) is 5.08. The van der Waals surface area contributed by atoms with Crippen LogP contribution in [0.2, 0.25) is 0 Å². The van der Waals surface area contributed by atoms with Gasteiger partial charge in [-0.1, -0.05) is 20.8 Å². The van der Waals surface area contributed by atoms with Crippen LogP contribution in [0.25, 0.3) is 0 Å². The average molecular weight is 265 g/mol. The predicted octanol–water partition coefficient (Wildman–Crippen LogP) is 0.0366. The molecule has 2 N–H and O–H groups in total. The van der Waals surface area contributed by atoms with E-state index < -0.39 is 33.5 Å². The van der Waals surface area contributed by atoms with Crippen molar-refractivity contribution in [3.63, 3.8) is 0 Å². The third kappa shape index (κ3) is 6.93. The lowest BCUT2D eigenvalue weighted by Gasteiger charge is -2.16. The molecule has 0 spiro atoms. The Labute approximate surface area is 101 Å². The summed E-state index contributed by atoms with van der Waals surface area (Å²) < 4.78 is 22.4. The molecule has 0 fully saturated rings. The summed E-state index contributed by atoms with van der Waals surface area (Å²) in [6.07, 6.45) is 0.271. The van der Waals surface area contributed by atoms with Crippen molar-refractivity contribution in [2.45, 2.75) is 33.2 Å². The van der Waals surface area contributed by atoms with E-state index in [9.17, 15) is 18.0 Å². The zero-order valence-electron chi connectivity index (χ0n) is 10.3. The summed E-state index contributed by atoms with van der Waals surface area (Å²) >= 11 is 0. The van der Waals surface area contributed by atoms with Crippen LogP contribution < -0.4 is 5.32 Å². The first kappa shape index (κ1) is 15.9. The van der Waals surface area contributed by atoms with Crippen LogP contribution in [0, 0.1) is 5.92 Å². The SMILES string of the molecule is CCS(=O)(=O)CC(=O)N[C@H](CC(C)C)C(=O)O. The van der Waals surface area contributed by atoms with Gasteiger partial charge in [-0.25, -0.2) is 13.2 Å². The number of aliphatic carboxylic acids is 1. The number of hydrogen-bond acceptors (Lipinski definition) is 4. The highest BCUT2D eigenvalue weighted by atomic mass is 32.2. The molecule has 0 aliphatic rings. The molecule has 1 amide bonds. The highest BCUT2D eigenvalue weighted by Gasteiger charge is 2.23. The van der Waals surface area contributed by atoms with Crippen molar-refractivity contribution in [1.29, 1.82) is 0 Å². The Balaban J connectivity index is 4.47. The van der Waals surface area contributed by atoms with E-state index in [1.165, 1.54) is 6.92 Å². The highest BCUT2D eigenvalue weighted by molar-refractivity contribution is 7.92. The van der Waals surface area contributed by atoms with E-state index in [1.807, 2.05) is 13.8 Å². The molecule has 0 rings (SSSR count). The zero-order valence-corrected chi connectivity index (χ0v) is 11.1. The smallest absolute Gasteiger partial charge is 0.326 e. The van der Waals surface area contributed by atoms with Crippen molar-refractivity contribution in [3.8, 4) is 0 Å². The summed E-state index contributed by atoms with van der Waals surface area (Å²) in [5.41, 5.74) is 0. The summed E-state index contributed by atoms with van der Waals surface area (Å²) in [5, 5.41) is 11.1. The molecular weight excluding hydrogens is 246 g/mol. The predicted molar refractivity (Wildman–Crippen MR) is 63.3 cm³/mol. The molecule has 0 radical (unpaired) electrons. The van der Waals surface area contributed by atoms with Gasteiger partial charge in [0, 0.05) is 5.75 Å². The molecule has 1 atom stereocenters. The highest BCUT2D eigenvalue weighted by Crippen LogP contribution is 2.05. The topological polar surface area (TPSA) is 101 Å². The quantitative estimate of drug-likeness (QED) is 0.676. The van der Waals surface area contributed by atoms with Crippen LogP contribution in [-0.2, 0) is 19.4 Å². The van der Waals surface area contributed by atoms with E-state index in [-0.39, 0.29) is 18.1 Å². The van der Waals surface area contributed by atoms with Gasteiger partial charge in [-0.15, -0.1) is 0 Å². The van der Waals surface area contributed by atoms with Crippen LogP contribution in [-0.4, -0.2) is 42.9 Å². The number of carbonyl (C=O) groups excluding carboxylic acids is 1. The Bertz CT molecular complexity index is 374. The van der Waals surface area contributed by atoms with E-state index >= 15 is 0 Å². The second-order valence-electron chi connectivity index (χ2n) is 4.26. The minimum atomic E-state index is -3.42. The second kappa shape index (κ2) is 6.58. The molecule has 0 aliphatic carbocycles. The van der Waals surface area contributed by atoms with Crippen LogP contribution in [0.4, 0.5) is 0 Å². The molecule has 0 unspecified atom stereocenters. The Hall–Kier alpha value is -1.11. The molecule has 0 saturated carbocycles. The maximum absolute atomic E-state index is 11.4. The van der Waals surface area contributed by atoms with Crippen molar-refractivity contribution in [1.82, 2.24) is 5.32 Å². The number of amides is 1. The molecule has 0 aromatic heterocycles. The van der Waals surface area contributed by atoms with Gasteiger partial charge in [-0.05, 0) is 12.3 Å². The number of nitrogens with one attached hydrogen (secondary N) is 1. The number of sulfone groups is 1. The lowest BCUT2D eigenvalue weighted by Crippen LogP contribution is -2.44. The largest absolute Gasteiger partial charge is 0.480 e. The molecule has 0 aliphatic heterocycles. The van der Waals surface area contributed by atoms with Crippen molar-refractivity contribution in [2.75, 3.05) is 11.5 Å². The fraction of sp³-hybridized carbons (Fsp3) is 0.800. The summed E-state index contributed by atoms with van der Waals surface area (Å²) in [5.74, 6) is -2.62. The number of hydrogen-bond donors (Lipinski definition) is 2. The van der Waals surface area contributed by atoms with Crippen LogP contribution in [0.5, 0.6) is 0 Å². The standard InChI is InChI=1S/C10H19NO5S/c1-4-17(15,16)6-9(12)11-8(10(13)14)5-7(2)3/h7-8H,4-6H2,1-3H3,(H,11,12)(H,13,14)/t8-/m1/s1. The van der Waals surface area contributed by atoms with Gasteiger partial charge < -0.3 is 10.4 Å². The Kier molecular flexibility index (Phi) is 6.15. The maximum Gasteiger partial charge on any atom is 0.326 e. The van der Waals surface area contributed by atoms with Crippen LogP contribution >= 0.6 is 0 Å². The monoisotopic (exact) mass is 265 g/mol. The fourth-order valence-electron chi connectivity index (χ4n) is 1.23. The van der Waals surface area contributed by atoms with E-state index in [4.69, 9.17) is 5.11 Å². The van der Waals surface area contributed by atoms with Gasteiger partial charge in [0.05, 0.1) is 0 Å². The molecule has 17 heavy (non-hydrogen) atoms. The molecule has 0 bridgehead atoms. The molecular formula is C10H19NO5S. The molecule has 6 nitrogen and oxygen atoms in total. The van der Waals surface area contributed by atoms with E-state index in [1.54, 1.807) is 0 Å². The molecule has 100 valence electrons. The van der Waals surface area contributed by atoms with Gasteiger partial charge in [-0.3, -0.25) is 4.79 Å². The number of carboxylic acid groups (broad SMARTS) is 1. The first-order valence-electron chi connectivity index (χ1n) is 5.40. The number of carboxylic acids is 1. The van der Waals surface area contributed by atoms with Gasteiger partial charge in [0.25, 0.3) is 0 Å². The third-order valence-corrected chi connectivity index (χ3v) is 3.71. The first-order valence-corrected chi connectivity index (χ1v) is 7.22. The van der Waals surface area contributed by atoms with Crippen molar-refractivity contribution in [3.05, 3.63) is 0 Å².